The van der Waals surface area contributed by atoms with E-state index in [1.165, 1.54) is 12.3 Å². The number of rotatable bonds is 7. The van der Waals surface area contributed by atoms with Crippen LogP contribution >= 0.6 is 0 Å². The highest BCUT2D eigenvalue weighted by Gasteiger charge is 2.57. The number of nitrogens with zero attached hydrogens (tertiary/aromatic N) is 3. The molecule has 1 aromatic carbocycles. The predicted octanol–water partition coefficient (Wildman–Crippen LogP) is 6.40. The molecule has 0 radical (unpaired) electrons. The van der Waals surface area contributed by atoms with E-state index in [9.17, 15) is 9.18 Å². The Hall–Kier alpha value is -2.60. The molecular formula is C27H36FN3O2. The Morgan fingerprint density at radius 1 is 1.21 bits per heavy atom. The average Bonchev–Trinajstić information content (AvgIpc) is 3.06. The number of halogens is 1. The molecular weight excluding hydrogens is 417 g/mol. The molecule has 1 aromatic rings. The highest BCUT2D eigenvalue weighted by Crippen LogP contribution is 2.59. The second-order valence-corrected chi connectivity index (χ2v) is 9.85. The van der Waals surface area contributed by atoms with Gasteiger partial charge < -0.3 is 9.64 Å². The molecule has 1 aliphatic heterocycles. The van der Waals surface area contributed by atoms with Gasteiger partial charge in [-0.05, 0) is 60.8 Å². The molecule has 0 N–H and O–H groups in total. The van der Waals surface area contributed by atoms with Crippen LogP contribution in [0.3, 0.4) is 0 Å². The van der Waals surface area contributed by atoms with Crippen molar-refractivity contribution in [3.63, 3.8) is 0 Å². The third-order valence-electron chi connectivity index (χ3n) is 7.93. The van der Waals surface area contributed by atoms with E-state index in [0.717, 1.165) is 44.3 Å². The maximum atomic E-state index is 14.5. The number of hydrogen-bond acceptors (Lipinski definition) is 4. The molecule has 3 rings (SSSR count). The maximum absolute atomic E-state index is 14.5. The summed E-state index contributed by atoms with van der Waals surface area (Å²) in [5.74, 6) is -0.101. The van der Waals surface area contributed by atoms with Crippen LogP contribution in [-0.4, -0.2) is 37.1 Å². The van der Waals surface area contributed by atoms with Gasteiger partial charge in [0.25, 0.3) is 0 Å². The molecule has 1 heterocycles. The molecule has 0 bridgehead atoms. The van der Waals surface area contributed by atoms with Gasteiger partial charge in [0.2, 0.25) is 5.91 Å². The van der Waals surface area contributed by atoms with Crippen molar-refractivity contribution >= 4 is 11.6 Å². The summed E-state index contributed by atoms with van der Waals surface area (Å²) in [5, 5.41) is 8.05. The molecule has 2 atom stereocenters. The summed E-state index contributed by atoms with van der Waals surface area (Å²) >= 11 is 0. The minimum Gasteiger partial charge on any atom is -0.381 e. The first-order valence-corrected chi connectivity index (χ1v) is 11.6. The Kier molecular flexibility index (Phi) is 7.68. The molecule has 2 aliphatic rings. The van der Waals surface area contributed by atoms with Crippen LogP contribution in [0, 0.1) is 22.6 Å². The van der Waals surface area contributed by atoms with Gasteiger partial charge in [0.05, 0.1) is 17.2 Å². The van der Waals surface area contributed by atoms with Crippen molar-refractivity contribution in [1.29, 1.82) is 0 Å². The largest absolute Gasteiger partial charge is 0.381 e. The van der Waals surface area contributed by atoms with Crippen molar-refractivity contribution in [3.05, 3.63) is 66.7 Å². The topological polar surface area (TPSA) is 54.3 Å². The zero-order valence-electron chi connectivity index (χ0n) is 20.3. The van der Waals surface area contributed by atoms with Gasteiger partial charge in [-0.15, -0.1) is 0 Å². The van der Waals surface area contributed by atoms with Crippen molar-refractivity contribution in [2.75, 3.05) is 20.2 Å². The third-order valence-corrected chi connectivity index (χ3v) is 7.93. The van der Waals surface area contributed by atoms with E-state index in [0.29, 0.717) is 11.3 Å². The summed E-state index contributed by atoms with van der Waals surface area (Å²) < 4.78 is 19.9. The van der Waals surface area contributed by atoms with E-state index in [1.807, 2.05) is 4.90 Å². The van der Waals surface area contributed by atoms with E-state index in [1.54, 1.807) is 31.4 Å². The fraction of sp³-hybridized carbons (Fsp3) is 0.519. The average molecular weight is 454 g/mol. The van der Waals surface area contributed by atoms with E-state index in [-0.39, 0.29) is 29.2 Å². The van der Waals surface area contributed by atoms with Crippen molar-refractivity contribution < 1.29 is 13.9 Å². The second-order valence-electron chi connectivity index (χ2n) is 9.85. The Morgan fingerprint density at radius 2 is 1.88 bits per heavy atom. The highest BCUT2D eigenvalue weighted by atomic mass is 19.1. The van der Waals surface area contributed by atoms with Gasteiger partial charge in [-0.3, -0.25) is 4.79 Å². The fourth-order valence-electron chi connectivity index (χ4n) is 5.38. The number of benzene rings is 1. The summed E-state index contributed by atoms with van der Waals surface area (Å²) in [5.41, 5.74) is 0.757. The van der Waals surface area contributed by atoms with Crippen LogP contribution in [0.4, 0.5) is 4.39 Å². The summed E-state index contributed by atoms with van der Waals surface area (Å²) in [7, 11) is 1.73. The lowest BCUT2D eigenvalue weighted by Crippen LogP contribution is -2.51. The van der Waals surface area contributed by atoms with E-state index < -0.39 is 5.41 Å². The molecule has 1 amide bonds. The van der Waals surface area contributed by atoms with E-state index >= 15 is 0 Å². The molecule has 1 saturated heterocycles. The van der Waals surface area contributed by atoms with Gasteiger partial charge in [0, 0.05) is 32.0 Å². The van der Waals surface area contributed by atoms with Gasteiger partial charge in [0.1, 0.15) is 5.82 Å². The number of ether oxygens (including phenoxy) is 1. The van der Waals surface area contributed by atoms with Crippen molar-refractivity contribution in [1.82, 2.24) is 4.90 Å². The molecule has 33 heavy (non-hydrogen) atoms. The molecule has 1 saturated carbocycles. The number of carbonyl (C=O) groups is 1. The number of allylic oxidation sites excluding steroid dienone is 2. The van der Waals surface area contributed by atoms with E-state index in [4.69, 9.17) is 4.74 Å². The van der Waals surface area contributed by atoms with Gasteiger partial charge in [-0.2, -0.15) is 10.2 Å². The number of likely N-dealkylation sites (tertiary alicyclic amines) is 1. The lowest BCUT2D eigenvalue weighted by Gasteiger charge is -2.45. The Balaban J connectivity index is 1.85. The monoisotopic (exact) mass is 453 g/mol. The zero-order valence-corrected chi connectivity index (χ0v) is 20.3. The minimum absolute atomic E-state index is 0.0590. The molecule has 178 valence electrons. The number of methoxy groups -OCH3 is 1. The maximum Gasteiger partial charge on any atom is 0.229 e. The van der Waals surface area contributed by atoms with E-state index in [2.05, 4.69) is 44.2 Å². The zero-order chi connectivity index (χ0) is 24.2. The molecule has 0 aromatic heterocycles. The molecule has 1 unspecified atom stereocenters. The molecule has 6 heteroatoms. The Morgan fingerprint density at radius 3 is 2.48 bits per heavy atom. The SMILES string of the molecule is C=CN=N/C(=C\C(=C)[C@@H]1CCC(C)(C(=O)N2CCC(OC)CC2)C1(C)C)c1ccccc1F. The van der Waals surface area contributed by atoms with Crippen LogP contribution in [-0.2, 0) is 9.53 Å². The number of amides is 1. The van der Waals surface area contributed by atoms with Gasteiger partial charge >= 0.3 is 0 Å². The number of carbonyl (C=O) groups excluding carboxylic acids is 1. The van der Waals surface area contributed by atoms with Crippen LogP contribution < -0.4 is 0 Å². The smallest absolute Gasteiger partial charge is 0.229 e. The number of piperidine rings is 1. The molecule has 2 fully saturated rings. The first-order valence-electron chi connectivity index (χ1n) is 11.6. The van der Waals surface area contributed by atoms with Crippen LogP contribution in [0.25, 0.3) is 5.70 Å². The Labute approximate surface area is 197 Å². The quantitative estimate of drug-likeness (QED) is 0.354. The summed E-state index contributed by atoms with van der Waals surface area (Å²) in [4.78, 5) is 15.7. The molecule has 5 nitrogen and oxygen atoms in total. The van der Waals surface area contributed by atoms with Crippen LogP contribution in [0.15, 0.2) is 65.5 Å². The molecule has 1 aliphatic carbocycles. The minimum atomic E-state index is -0.505. The van der Waals surface area contributed by atoms with Crippen molar-refractivity contribution in [2.45, 2.75) is 52.6 Å². The third kappa shape index (κ3) is 4.86. The summed E-state index contributed by atoms with van der Waals surface area (Å²) in [6.07, 6.45) is 6.72. The standard InChI is InChI=1S/C27H36FN3O2/c1-7-29-30-24(21-10-8-9-11-23(21)28)18-19(2)22-12-15-27(5,26(22,3)4)25(32)31-16-13-20(33-6)14-17-31/h7-11,18,20,22H,1-2,12-17H2,3-6H3/b24-18-,30-29?/t22-,27?/m0/s1. The van der Waals surface area contributed by atoms with Crippen LogP contribution in [0.2, 0.25) is 0 Å². The molecule has 0 spiro atoms. The summed E-state index contributed by atoms with van der Waals surface area (Å²) in [6, 6.07) is 6.48. The first kappa shape index (κ1) is 25.0. The van der Waals surface area contributed by atoms with Crippen LogP contribution in [0.1, 0.15) is 52.0 Å². The predicted molar refractivity (Wildman–Crippen MR) is 130 cm³/mol. The van der Waals surface area contributed by atoms with Gasteiger partial charge in [-0.25, -0.2) is 4.39 Å². The lowest BCUT2D eigenvalue weighted by molar-refractivity contribution is -0.149. The van der Waals surface area contributed by atoms with Gasteiger partial charge in [-0.1, -0.05) is 46.1 Å². The lowest BCUT2D eigenvalue weighted by atomic mass is 9.63. The van der Waals surface area contributed by atoms with Crippen molar-refractivity contribution in [2.24, 2.45) is 27.0 Å². The van der Waals surface area contributed by atoms with Crippen LogP contribution in [0.5, 0.6) is 0 Å². The van der Waals surface area contributed by atoms with Crippen molar-refractivity contribution in [3.8, 4) is 0 Å². The fourth-order valence-corrected chi connectivity index (χ4v) is 5.38. The summed E-state index contributed by atoms with van der Waals surface area (Å²) in [6.45, 7) is 15.7. The highest BCUT2D eigenvalue weighted by molar-refractivity contribution is 5.84. The van der Waals surface area contributed by atoms with Gasteiger partial charge in [0.15, 0.2) is 0 Å². The second kappa shape index (κ2) is 10.1. The first-order chi connectivity index (χ1) is 15.7. The number of azo groups is 1. The number of hydrogen-bond donors (Lipinski definition) is 0. The normalized spacial score (nSPS) is 26.0. The Bertz CT molecular complexity index is 960.